The number of nitrogens with zero attached hydrogens (tertiary/aromatic N) is 3. The van der Waals surface area contributed by atoms with Crippen LogP contribution in [-0.2, 0) is 0 Å². The number of anilines is 2. The van der Waals surface area contributed by atoms with Crippen LogP contribution >= 0.6 is 0 Å². The van der Waals surface area contributed by atoms with E-state index in [0.29, 0.717) is 17.3 Å². The molecule has 136 valence electrons. The molecule has 0 aromatic heterocycles. The average Bonchev–Trinajstić information content (AvgIpc) is 2.61. The summed E-state index contributed by atoms with van der Waals surface area (Å²) in [7, 11) is 0. The lowest BCUT2D eigenvalue weighted by Crippen LogP contribution is -2.40. The molecule has 0 radical (unpaired) electrons. The third kappa shape index (κ3) is 3.48. The Kier molecular flexibility index (Phi) is 5.25. The molecule has 1 aromatic carbocycles. The van der Waals surface area contributed by atoms with Crippen molar-refractivity contribution in [3.63, 3.8) is 0 Å². The van der Waals surface area contributed by atoms with Gasteiger partial charge in [0.1, 0.15) is 5.69 Å². The SMILES string of the molecule is C[C@H]1CCCCN1c1cc(N2CCCC[C@@H]2C)c([N+](=O)[O-])cc1C=O. The highest BCUT2D eigenvalue weighted by molar-refractivity contribution is 5.90. The zero-order valence-corrected chi connectivity index (χ0v) is 15.1. The second-order valence-electron chi connectivity index (χ2n) is 7.35. The summed E-state index contributed by atoms with van der Waals surface area (Å²) in [5, 5.41) is 11.6. The van der Waals surface area contributed by atoms with Crippen LogP contribution < -0.4 is 9.80 Å². The first-order valence-corrected chi connectivity index (χ1v) is 9.34. The van der Waals surface area contributed by atoms with Crippen LogP contribution in [0.4, 0.5) is 17.1 Å². The molecule has 0 N–H and O–H groups in total. The van der Waals surface area contributed by atoms with Crippen molar-refractivity contribution in [3.05, 3.63) is 27.8 Å². The summed E-state index contributed by atoms with van der Waals surface area (Å²) >= 11 is 0. The molecular weight excluding hydrogens is 318 g/mol. The van der Waals surface area contributed by atoms with E-state index in [4.69, 9.17) is 0 Å². The molecule has 2 saturated heterocycles. The Hall–Kier alpha value is -2.11. The van der Waals surface area contributed by atoms with Gasteiger partial charge in [-0.3, -0.25) is 14.9 Å². The third-order valence-electron chi connectivity index (χ3n) is 5.67. The summed E-state index contributed by atoms with van der Waals surface area (Å²) < 4.78 is 0. The average molecular weight is 345 g/mol. The number of benzene rings is 1. The zero-order valence-electron chi connectivity index (χ0n) is 15.1. The van der Waals surface area contributed by atoms with Crippen LogP contribution in [0.1, 0.15) is 62.7 Å². The van der Waals surface area contributed by atoms with Gasteiger partial charge >= 0.3 is 0 Å². The van der Waals surface area contributed by atoms with Crippen LogP contribution in [-0.4, -0.2) is 36.4 Å². The van der Waals surface area contributed by atoms with Crippen LogP contribution in [0.3, 0.4) is 0 Å². The van der Waals surface area contributed by atoms with Crippen LogP contribution in [0.25, 0.3) is 0 Å². The molecular formula is C19H27N3O3. The number of carbonyl (C=O) groups is 1. The Morgan fingerprint density at radius 1 is 1.00 bits per heavy atom. The number of nitro benzene ring substituents is 1. The highest BCUT2D eigenvalue weighted by Gasteiger charge is 2.30. The van der Waals surface area contributed by atoms with E-state index in [1.54, 1.807) is 0 Å². The highest BCUT2D eigenvalue weighted by atomic mass is 16.6. The van der Waals surface area contributed by atoms with Crippen molar-refractivity contribution >= 4 is 23.3 Å². The summed E-state index contributed by atoms with van der Waals surface area (Å²) in [5.74, 6) is 0. The van der Waals surface area contributed by atoms with Gasteiger partial charge in [0, 0.05) is 36.8 Å². The molecule has 0 spiro atoms. The Labute approximate surface area is 148 Å². The summed E-state index contributed by atoms with van der Waals surface area (Å²) in [6.07, 6.45) is 7.38. The van der Waals surface area contributed by atoms with Gasteiger partial charge in [0.05, 0.1) is 10.6 Å². The van der Waals surface area contributed by atoms with E-state index < -0.39 is 0 Å². The lowest BCUT2D eigenvalue weighted by Gasteiger charge is -2.38. The molecule has 6 nitrogen and oxygen atoms in total. The Bertz CT molecular complexity index is 662. The monoisotopic (exact) mass is 345 g/mol. The van der Waals surface area contributed by atoms with Gasteiger partial charge in [-0.05, 0) is 58.4 Å². The van der Waals surface area contributed by atoms with E-state index in [1.165, 1.54) is 12.5 Å². The zero-order chi connectivity index (χ0) is 18.0. The lowest BCUT2D eigenvalue weighted by atomic mass is 9.98. The summed E-state index contributed by atoms with van der Waals surface area (Å²) in [6.45, 7) is 6.02. The summed E-state index contributed by atoms with van der Waals surface area (Å²) in [4.78, 5) is 27.3. The van der Waals surface area contributed by atoms with Gasteiger partial charge in [0.2, 0.25) is 0 Å². The van der Waals surface area contributed by atoms with Crippen molar-refractivity contribution in [1.29, 1.82) is 0 Å². The number of piperidine rings is 2. The lowest BCUT2D eigenvalue weighted by molar-refractivity contribution is -0.384. The minimum Gasteiger partial charge on any atom is -0.368 e. The molecule has 2 fully saturated rings. The molecule has 6 heteroatoms. The first kappa shape index (κ1) is 17.7. The molecule has 0 bridgehead atoms. The van der Waals surface area contributed by atoms with Gasteiger partial charge in [0.15, 0.2) is 6.29 Å². The fraction of sp³-hybridized carbons (Fsp3) is 0.632. The van der Waals surface area contributed by atoms with E-state index in [1.807, 2.05) is 6.07 Å². The van der Waals surface area contributed by atoms with Crippen molar-refractivity contribution in [2.24, 2.45) is 0 Å². The third-order valence-corrected chi connectivity index (χ3v) is 5.67. The minimum absolute atomic E-state index is 0.0456. The minimum atomic E-state index is -0.354. The first-order chi connectivity index (χ1) is 12.0. The molecule has 0 saturated carbocycles. The number of aldehydes is 1. The van der Waals surface area contributed by atoms with Crippen LogP contribution in [0, 0.1) is 10.1 Å². The highest BCUT2D eigenvalue weighted by Crippen LogP contribution is 2.39. The van der Waals surface area contributed by atoms with E-state index in [-0.39, 0.29) is 16.7 Å². The maximum Gasteiger partial charge on any atom is 0.293 e. The second kappa shape index (κ2) is 7.42. The van der Waals surface area contributed by atoms with Crippen LogP contribution in [0.5, 0.6) is 0 Å². The number of nitro groups is 1. The Morgan fingerprint density at radius 2 is 1.56 bits per heavy atom. The molecule has 2 aliphatic heterocycles. The van der Waals surface area contributed by atoms with Crippen molar-refractivity contribution in [2.45, 2.75) is 64.5 Å². The summed E-state index contributed by atoms with van der Waals surface area (Å²) in [5.41, 5.74) is 1.98. The van der Waals surface area contributed by atoms with Crippen molar-refractivity contribution in [1.82, 2.24) is 0 Å². The number of carbonyl (C=O) groups excluding carboxylic acids is 1. The molecule has 2 heterocycles. The molecule has 3 rings (SSSR count). The van der Waals surface area contributed by atoms with Crippen molar-refractivity contribution in [3.8, 4) is 0 Å². The fourth-order valence-electron chi connectivity index (χ4n) is 4.21. The van der Waals surface area contributed by atoms with Gasteiger partial charge in [-0.2, -0.15) is 0 Å². The Balaban J connectivity index is 2.10. The van der Waals surface area contributed by atoms with Gasteiger partial charge in [-0.1, -0.05) is 0 Å². The number of hydrogen-bond donors (Lipinski definition) is 0. The molecule has 0 aliphatic carbocycles. The summed E-state index contributed by atoms with van der Waals surface area (Å²) in [6, 6.07) is 3.99. The van der Waals surface area contributed by atoms with E-state index in [0.717, 1.165) is 57.2 Å². The smallest absolute Gasteiger partial charge is 0.293 e. The quantitative estimate of drug-likeness (QED) is 0.465. The van der Waals surface area contributed by atoms with Crippen molar-refractivity contribution < 1.29 is 9.72 Å². The largest absolute Gasteiger partial charge is 0.368 e. The van der Waals surface area contributed by atoms with Gasteiger partial charge in [-0.15, -0.1) is 0 Å². The van der Waals surface area contributed by atoms with Gasteiger partial charge < -0.3 is 9.80 Å². The van der Waals surface area contributed by atoms with Crippen LogP contribution in [0.15, 0.2) is 12.1 Å². The predicted molar refractivity (Wildman–Crippen MR) is 99.8 cm³/mol. The molecule has 2 aliphatic rings. The van der Waals surface area contributed by atoms with Crippen molar-refractivity contribution in [2.75, 3.05) is 22.9 Å². The maximum absolute atomic E-state index is 11.6. The fourth-order valence-corrected chi connectivity index (χ4v) is 4.21. The van der Waals surface area contributed by atoms with E-state index in [2.05, 4.69) is 23.6 Å². The van der Waals surface area contributed by atoms with Gasteiger partial charge in [0.25, 0.3) is 5.69 Å². The molecule has 1 aromatic rings. The standard InChI is InChI=1S/C19H27N3O3/c1-14-7-3-5-9-20(14)17-12-18(21-10-6-4-8-15(21)2)19(22(24)25)11-16(17)13-23/h11-15H,3-10H2,1-2H3/t14-,15-/m0/s1. The molecule has 25 heavy (non-hydrogen) atoms. The molecule has 0 unspecified atom stereocenters. The number of hydrogen-bond acceptors (Lipinski definition) is 5. The van der Waals surface area contributed by atoms with E-state index in [9.17, 15) is 14.9 Å². The van der Waals surface area contributed by atoms with Crippen LogP contribution in [0.2, 0.25) is 0 Å². The maximum atomic E-state index is 11.6. The second-order valence-corrected chi connectivity index (χ2v) is 7.35. The molecule has 2 atom stereocenters. The molecule has 0 amide bonds. The predicted octanol–water partition coefficient (Wildman–Crippen LogP) is 4.16. The Morgan fingerprint density at radius 3 is 2.04 bits per heavy atom. The van der Waals surface area contributed by atoms with Gasteiger partial charge in [-0.25, -0.2) is 0 Å². The number of rotatable bonds is 4. The topological polar surface area (TPSA) is 66.7 Å². The van der Waals surface area contributed by atoms with E-state index >= 15 is 0 Å². The normalized spacial score (nSPS) is 24.2. The first-order valence-electron chi connectivity index (χ1n) is 9.34.